The van der Waals surface area contributed by atoms with Crippen LogP contribution in [0.2, 0.25) is 10.0 Å². The Kier molecular flexibility index (Phi) is 8.60. The molecule has 2 N–H and O–H groups in total. The first-order valence-electron chi connectivity index (χ1n) is 9.90. The molecular formula is C23H18Cl2N4O6. The molecule has 2 amide bonds. The van der Waals surface area contributed by atoms with E-state index in [-0.39, 0.29) is 17.9 Å². The number of carbonyl (C=O) groups is 2. The molecule has 0 saturated carbocycles. The maximum atomic E-state index is 12.2. The Morgan fingerprint density at radius 3 is 2.43 bits per heavy atom. The van der Waals surface area contributed by atoms with Gasteiger partial charge in [-0.2, -0.15) is 5.10 Å². The van der Waals surface area contributed by atoms with Gasteiger partial charge < -0.3 is 14.8 Å². The van der Waals surface area contributed by atoms with Crippen molar-refractivity contribution < 1.29 is 24.0 Å². The van der Waals surface area contributed by atoms with Crippen LogP contribution in [0.1, 0.15) is 15.9 Å². The third-order valence-electron chi connectivity index (χ3n) is 4.47. The van der Waals surface area contributed by atoms with Crippen LogP contribution in [0.25, 0.3) is 0 Å². The molecule has 0 aliphatic carbocycles. The number of hydrogen-bond acceptors (Lipinski definition) is 7. The third-order valence-corrected chi connectivity index (χ3v) is 5.21. The molecule has 3 aromatic rings. The summed E-state index contributed by atoms with van der Waals surface area (Å²) in [7, 11) is 1.44. The van der Waals surface area contributed by atoms with Crippen molar-refractivity contribution in [2.45, 2.75) is 0 Å². The lowest BCUT2D eigenvalue weighted by atomic mass is 10.2. The zero-order chi connectivity index (χ0) is 25.4. The highest BCUT2D eigenvalue weighted by molar-refractivity contribution is 6.42. The molecule has 0 heterocycles. The predicted molar refractivity (Wildman–Crippen MR) is 132 cm³/mol. The number of hydrazone groups is 1. The van der Waals surface area contributed by atoms with E-state index >= 15 is 0 Å². The molecule has 0 aliphatic heterocycles. The summed E-state index contributed by atoms with van der Waals surface area (Å²) in [6, 6.07) is 14.7. The number of nitro benzene ring substituents is 1. The van der Waals surface area contributed by atoms with Gasteiger partial charge in [0.2, 0.25) is 0 Å². The van der Waals surface area contributed by atoms with Crippen molar-refractivity contribution in [2.24, 2.45) is 5.10 Å². The van der Waals surface area contributed by atoms with Crippen LogP contribution < -0.4 is 20.2 Å². The Hall–Kier alpha value is -4.15. The van der Waals surface area contributed by atoms with Gasteiger partial charge in [0.1, 0.15) is 0 Å². The van der Waals surface area contributed by atoms with Gasteiger partial charge in [-0.05, 0) is 54.1 Å². The van der Waals surface area contributed by atoms with E-state index in [0.717, 1.165) is 0 Å². The van der Waals surface area contributed by atoms with Gasteiger partial charge >= 0.3 is 0 Å². The molecule has 0 fully saturated rings. The molecule has 3 aromatic carbocycles. The van der Waals surface area contributed by atoms with Gasteiger partial charge in [0, 0.05) is 23.4 Å². The smallest absolute Gasteiger partial charge is 0.271 e. The topological polar surface area (TPSA) is 132 Å². The van der Waals surface area contributed by atoms with Gasteiger partial charge in [0.05, 0.1) is 28.3 Å². The van der Waals surface area contributed by atoms with E-state index in [9.17, 15) is 19.7 Å². The van der Waals surface area contributed by atoms with Crippen molar-refractivity contribution >= 4 is 52.6 Å². The van der Waals surface area contributed by atoms with Crippen LogP contribution in [0.3, 0.4) is 0 Å². The number of nitrogens with zero attached hydrogens (tertiary/aromatic N) is 2. The minimum Gasteiger partial charge on any atom is -0.493 e. The molecule has 10 nitrogen and oxygen atoms in total. The van der Waals surface area contributed by atoms with Crippen molar-refractivity contribution in [1.29, 1.82) is 0 Å². The van der Waals surface area contributed by atoms with E-state index in [1.54, 1.807) is 30.3 Å². The maximum Gasteiger partial charge on any atom is 0.271 e. The predicted octanol–water partition coefficient (Wildman–Crippen LogP) is 4.69. The fraction of sp³-hybridized carbons (Fsp3) is 0.0870. The summed E-state index contributed by atoms with van der Waals surface area (Å²) in [5.41, 5.74) is 3.49. The largest absolute Gasteiger partial charge is 0.493 e. The van der Waals surface area contributed by atoms with Crippen molar-refractivity contribution in [3.8, 4) is 11.5 Å². The number of rotatable bonds is 9. The summed E-state index contributed by atoms with van der Waals surface area (Å²) < 4.78 is 10.8. The summed E-state index contributed by atoms with van der Waals surface area (Å²) in [6.07, 6.45) is 1.38. The zero-order valence-electron chi connectivity index (χ0n) is 18.2. The van der Waals surface area contributed by atoms with Crippen molar-refractivity contribution in [3.63, 3.8) is 0 Å². The molecule has 0 spiro atoms. The SMILES string of the molecule is COc1cc(/C=N/NC(=O)c2ccc([N+](=O)[O-])cc2)ccc1OCC(=O)Nc1ccc(Cl)c(Cl)c1. The highest BCUT2D eigenvalue weighted by Crippen LogP contribution is 2.28. The first-order chi connectivity index (χ1) is 16.8. The number of ether oxygens (including phenoxy) is 2. The lowest BCUT2D eigenvalue weighted by Crippen LogP contribution is -2.20. The van der Waals surface area contributed by atoms with Crippen LogP contribution in [-0.2, 0) is 4.79 Å². The lowest BCUT2D eigenvalue weighted by molar-refractivity contribution is -0.384. The standard InChI is InChI=1S/C23H18Cl2N4O6/c1-34-21-10-14(12-26-28-23(31)15-3-6-17(7-4-15)29(32)33)2-9-20(21)35-13-22(30)27-16-5-8-18(24)19(25)11-16/h2-12H,13H2,1H3,(H,27,30)(H,28,31)/b26-12+. The first kappa shape index (κ1) is 25.5. The molecule has 12 heteroatoms. The number of carbonyl (C=O) groups excluding carboxylic acids is 2. The van der Waals surface area contributed by atoms with Gasteiger partial charge in [-0.3, -0.25) is 19.7 Å². The van der Waals surface area contributed by atoms with Crippen LogP contribution in [0.4, 0.5) is 11.4 Å². The second-order valence-electron chi connectivity index (χ2n) is 6.88. The molecule has 0 unspecified atom stereocenters. The summed E-state index contributed by atoms with van der Waals surface area (Å²) in [4.78, 5) is 34.4. The second-order valence-corrected chi connectivity index (χ2v) is 7.69. The number of methoxy groups -OCH3 is 1. The van der Waals surface area contributed by atoms with Gasteiger partial charge in [-0.1, -0.05) is 23.2 Å². The third kappa shape index (κ3) is 7.16. The van der Waals surface area contributed by atoms with E-state index in [1.807, 2.05) is 0 Å². The first-order valence-corrected chi connectivity index (χ1v) is 10.7. The van der Waals surface area contributed by atoms with Gasteiger partial charge in [0.15, 0.2) is 18.1 Å². The van der Waals surface area contributed by atoms with E-state index in [2.05, 4.69) is 15.8 Å². The molecule has 0 radical (unpaired) electrons. The maximum absolute atomic E-state index is 12.2. The van der Waals surface area contributed by atoms with Crippen LogP contribution in [0.5, 0.6) is 11.5 Å². The quantitative estimate of drug-likeness (QED) is 0.241. The Balaban J connectivity index is 1.56. The van der Waals surface area contributed by atoms with E-state index in [0.29, 0.717) is 32.8 Å². The summed E-state index contributed by atoms with van der Waals surface area (Å²) >= 11 is 11.8. The molecule has 35 heavy (non-hydrogen) atoms. The van der Waals surface area contributed by atoms with Crippen LogP contribution >= 0.6 is 23.2 Å². The Bertz CT molecular complexity index is 1280. The van der Waals surface area contributed by atoms with Crippen molar-refractivity contribution in [2.75, 3.05) is 19.0 Å². The monoisotopic (exact) mass is 516 g/mol. The number of amides is 2. The van der Waals surface area contributed by atoms with Crippen molar-refractivity contribution in [1.82, 2.24) is 5.43 Å². The Morgan fingerprint density at radius 1 is 1.03 bits per heavy atom. The molecule has 0 bridgehead atoms. The number of benzene rings is 3. The Morgan fingerprint density at radius 2 is 1.77 bits per heavy atom. The van der Waals surface area contributed by atoms with Crippen LogP contribution in [0, 0.1) is 10.1 Å². The lowest BCUT2D eigenvalue weighted by Gasteiger charge is -2.11. The number of non-ortho nitro benzene ring substituents is 1. The van der Waals surface area contributed by atoms with Gasteiger partial charge in [-0.15, -0.1) is 0 Å². The highest BCUT2D eigenvalue weighted by atomic mass is 35.5. The minimum absolute atomic E-state index is 0.119. The number of nitrogens with one attached hydrogen (secondary N) is 2. The zero-order valence-corrected chi connectivity index (χ0v) is 19.7. The van der Waals surface area contributed by atoms with Crippen LogP contribution in [0.15, 0.2) is 65.8 Å². The van der Waals surface area contributed by atoms with Gasteiger partial charge in [0.25, 0.3) is 17.5 Å². The molecule has 0 aliphatic rings. The van der Waals surface area contributed by atoms with E-state index in [1.165, 1.54) is 43.7 Å². The fourth-order valence-electron chi connectivity index (χ4n) is 2.76. The fourth-order valence-corrected chi connectivity index (χ4v) is 3.06. The average molecular weight is 517 g/mol. The Labute approximate surface area is 209 Å². The number of nitro groups is 1. The number of halogens is 2. The molecule has 0 atom stereocenters. The molecule has 3 rings (SSSR count). The normalized spacial score (nSPS) is 10.6. The van der Waals surface area contributed by atoms with Gasteiger partial charge in [-0.25, -0.2) is 5.43 Å². The number of hydrogen-bond donors (Lipinski definition) is 2. The summed E-state index contributed by atoms with van der Waals surface area (Å²) in [6.45, 7) is -0.282. The minimum atomic E-state index is -0.553. The molecular weight excluding hydrogens is 499 g/mol. The summed E-state index contributed by atoms with van der Waals surface area (Å²) in [5.74, 6) is -0.275. The second kappa shape index (κ2) is 11.8. The highest BCUT2D eigenvalue weighted by Gasteiger charge is 2.11. The van der Waals surface area contributed by atoms with Crippen LogP contribution in [-0.4, -0.2) is 36.7 Å². The molecule has 180 valence electrons. The summed E-state index contributed by atoms with van der Waals surface area (Å²) in [5, 5.41) is 17.9. The molecule has 0 aromatic heterocycles. The van der Waals surface area contributed by atoms with E-state index in [4.69, 9.17) is 32.7 Å². The molecule has 0 saturated heterocycles. The van der Waals surface area contributed by atoms with Crippen molar-refractivity contribution in [3.05, 3.63) is 92.0 Å². The average Bonchev–Trinajstić information content (AvgIpc) is 2.85. The van der Waals surface area contributed by atoms with E-state index < -0.39 is 16.7 Å². The number of anilines is 1.